The molecular weight excluding hydrogens is 235 g/mol. The molecule has 0 bridgehead atoms. The summed E-state index contributed by atoms with van der Waals surface area (Å²) in [6, 6.07) is 2.41. The van der Waals surface area contributed by atoms with E-state index in [1.165, 1.54) is 6.07 Å². The van der Waals surface area contributed by atoms with E-state index in [1.807, 2.05) is 0 Å². The SMILES string of the molecule is Fc1nc(C(F)F)ccc1CBr. The van der Waals surface area contributed by atoms with Crippen molar-refractivity contribution in [2.45, 2.75) is 11.8 Å². The minimum Gasteiger partial charge on any atom is -0.219 e. The molecule has 5 heteroatoms. The fourth-order valence-electron chi connectivity index (χ4n) is 0.698. The second-order valence-electron chi connectivity index (χ2n) is 2.12. The van der Waals surface area contributed by atoms with Gasteiger partial charge in [-0.15, -0.1) is 0 Å². The highest BCUT2D eigenvalue weighted by atomic mass is 79.9. The van der Waals surface area contributed by atoms with Crippen molar-refractivity contribution in [3.63, 3.8) is 0 Å². The molecule has 0 unspecified atom stereocenters. The molecule has 1 nitrogen and oxygen atoms in total. The van der Waals surface area contributed by atoms with Crippen LogP contribution in [0.3, 0.4) is 0 Å². The van der Waals surface area contributed by atoms with Crippen LogP contribution in [0.2, 0.25) is 0 Å². The molecule has 0 spiro atoms. The smallest absolute Gasteiger partial charge is 0.219 e. The zero-order chi connectivity index (χ0) is 9.14. The van der Waals surface area contributed by atoms with Crippen molar-refractivity contribution in [2.75, 3.05) is 0 Å². The summed E-state index contributed by atoms with van der Waals surface area (Å²) in [5.74, 6) is -0.843. The van der Waals surface area contributed by atoms with Gasteiger partial charge in [0.05, 0.1) is 0 Å². The van der Waals surface area contributed by atoms with E-state index < -0.39 is 18.1 Å². The maximum absolute atomic E-state index is 12.7. The summed E-state index contributed by atoms with van der Waals surface area (Å²) in [5.41, 5.74) is -0.253. The lowest BCUT2D eigenvalue weighted by atomic mass is 10.3. The van der Waals surface area contributed by atoms with Crippen molar-refractivity contribution in [3.05, 3.63) is 29.3 Å². The van der Waals surface area contributed by atoms with Crippen LogP contribution in [-0.2, 0) is 5.33 Å². The minimum absolute atomic E-state index is 0.273. The highest BCUT2D eigenvalue weighted by Crippen LogP contribution is 2.18. The Morgan fingerprint density at radius 1 is 1.42 bits per heavy atom. The molecule has 1 aromatic rings. The van der Waals surface area contributed by atoms with Crippen LogP contribution in [0.4, 0.5) is 13.2 Å². The summed E-state index contributed by atoms with van der Waals surface area (Å²) in [7, 11) is 0. The van der Waals surface area contributed by atoms with E-state index in [2.05, 4.69) is 20.9 Å². The molecule has 0 aromatic carbocycles. The van der Waals surface area contributed by atoms with Crippen LogP contribution in [0.5, 0.6) is 0 Å². The molecule has 0 amide bonds. The van der Waals surface area contributed by atoms with Gasteiger partial charge in [-0.2, -0.15) is 4.39 Å². The number of nitrogens with zero attached hydrogens (tertiary/aromatic N) is 1. The van der Waals surface area contributed by atoms with Gasteiger partial charge < -0.3 is 0 Å². The summed E-state index contributed by atoms with van der Waals surface area (Å²) in [6.45, 7) is 0. The third-order valence-electron chi connectivity index (χ3n) is 1.32. The molecule has 0 saturated heterocycles. The lowest BCUT2D eigenvalue weighted by Gasteiger charge is -2.00. The quantitative estimate of drug-likeness (QED) is 0.571. The first kappa shape index (κ1) is 9.51. The Bertz CT molecular complexity index is 277. The Morgan fingerprint density at radius 2 is 2.08 bits per heavy atom. The second-order valence-corrected chi connectivity index (χ2v) is 2.68. The molecule has 66 valence electrons. The fraction of sp³-hybridized carbons (Fsp3) is 0.286. The molecule has 0 radical (unpaired) electrons. The van der Waals surface area contributed by atoms with Gasteiger partial charge in [-0.1, -0.05) is 22.0 Å². The highest BCUT2D eigenvalue weighted by Gasteiger charge is 2.11. The monoisotopic (exact) mass is 239 g/mol. The van der Waals surface area contributed by atoms with Crippen LogP contribution in [0.15, 0.2) is 12.1 Å². The molecule has 0 aliphatic heterocycles. The molecule has 0 atom stereocenters. The van der Waals surface area contributed by atoms with Crippen molar-refractivity contribution in [2.24, 2.45) is 0 Å². The lowest BCUT2D eigenvalue weighted by molar-refractivity contribution is 0.144. The third kappa shape index (κ3) is 1.97. The number of halogens is 4. The molecule has 1 heterocycles. The molecule has 1 aromatic heterocycles. The minimum atomic E-state index is -2.72. The summed E-state index contributed by atoms with van der Waals surface area (Å²) in [6.07, 6.45) is -2.72. The normalized spacial score (nSPS) is 10.8. The van der Waals surface area contributed by atoms with E-state index in [0.29, 0.717) is 0 Å². The number of pyridine rings is 1. The van der Waals surface area contributed by atoms with Gasteiger partial charge in [-0.25, -0.2) is 13.8 Å². The molecular formula is C7H5BrF3N. The molecule has 0 saturated carbocycles. The topological polar surface area (TPSA) is 12.9 Å². The van der Waals surface area contributed by atoms with Crippen molar-refractivity contribution in [3.8, 4) is 0 Å². The van der Waals surface area contributed by atoms with Gasteiger partial charge in [0.15, 0.2) is 0 Å². The Kier molecular flexibility index (Phi) is 3.08. The zero-order valence-electron chi connectivity index (χ0n) is 5.90. The van der Waals surface area contributed by atoms with Crippen molar-refractivity contribution in [1.82, 2.24) is 4.98 Å². The summed E-state index contributed by atoms with van der Waals surface area (Å²) in [5, 5.41) is 0.273. The average molecular weight is 240 g/mol. The second kappa shape index (κ2) is 3.89. The van der Waals surface area contributed by atoms with Crippen molar-refractivity contribution >= 4 is 15.9 Å². The van der Waals surface area contributed by atoms with E-state index in [1.54, 1.807) is 0 Å². The van der Waals surface area contributed by atoms with E-state index in [0.717, 1.165) is 6.07 Å². The van der Waals surface area contributed by atoms with Crippen LogP contribution in [-0.4, -0.2) is 4.98 Å². The van der Waals surface area contributed by atoms with E-state index >= 15 is 0 Å². The maximum Gasteiger partial charge on any atom is 0.280 e. The standard InChI is InChI=1S/C7H5BrF3N/c8-3-4-1-2-5(6(9)10)12-7(4)11/h1-2,6H,3H2. The van der Waals surface area contributed by atoms with Gasteiger partial charge in [0.2, 0.25) is 5.95 Å². The first-order valence-corrected chi connectivity index (χ1v) is 4.26. The summed E-state index contributed by atoms with van der Waals surface area (Å²) in [4.78, 5) is 3.10. The predicted molar refractivity (Wildman–Crippen MR) is 41.8 cm³/mol. The van der Waals surface area contributed by atoms with Gasteiger partial charge in [0.1, 0.15) is 5.69 Å². The number of rotatable bonds is 2. The van der Waals surface area contributed by atoms with Crippen LogP contribution in [0, 0.1) is 5.95 Å². The van der Waals surface area contributed by atoms with E-state index in [-0.39, 0.29) is 10.9 Å². The number of alkyl halides is 3. The predicted octanol–water partition coefficient (Wildman–Crippen LogP) is 3.05. The van der Waals surface area contributed by atoms with Crippen molar-refractivity contribution < 1.29 is 13.2 Å². The highest BCUT2D eigenvalue weighted by molar-refractivity contribution is 9.08. The van der Waals surface area contributed by atoms with Gasteiger partial charge >= 0.3 is 0 Å². The number of hydrogen-bond acceptors (Lipinski definition) is 1. The summed E-state index contributed by atoms with van der Waals surface area (Å²) < 4.78 is 36.6. The van der Waals surface area contributed by atoms with Gasteiger partial charge in [-0.05, 0) is 6.07 Å². The van der Waals surface area contributed by atoms with Crippen LogP contribution in [0.25, 0.3) is 0 Å². The van der Waals surface area contributed by atoms with Crippen LogP contribution < -0.4 is 0 Å². The third-order valence-corrected chi connectivity index (χ3v) is 1.92. The number of hydrogen-bond donors (Lipinski definition) is 0. The zero-order valence-corrected chi connectivity index (χ0v) is 7.48. The average Bonchev–Trinajstić information content (AvgIpc) is 2.04. The Labute approximate surface area is 75.7 Å². The van der Waals surface area contributed by atoms with Gasteiger partial charge in [0.25, 0.3) is 6.43 Å². The molecule has 1 rings (SSSR count). The number of aromatic nitrogens is 1. The fourth-order valence-corrected chi connectivity index (χ4v) is 1.12. The summed E-state index contributed by atoms with van der Waals surface area (Å²) >= 11 is 3.00. The first-order chi connectivity index (χ1) is 5.65. The first-order valence-electron chi connectivity index (χ1n) is 3.14. The molecule has 0 aliphatic rings. The Morgan fingerprint density at radius 3 is 2.50 bits per heavy atom. The van der Waals surface area contributed by atoms with E-state index in [4.69, 9.17) is 0 Å². The molecule has 0 fully saturated rings. The maximum atomic E-state index is 12.7. The largest absolute Gasteiger partial charge is 0.280 e. The van der Waals surface area contributed by atoms with Gasteiger partial charge in [-0.3, -0.25) is 0 Å². The van der Waals surface area contributed by atoms with Crippen molar-refractivity contribution in [1.29, 1.82) is 0 Å². The van der Waals surface area contributed by atoms with E-state index in [9.17, 15) is 13.2 Å². The Hall–Kier alpha value is -0.580. The molecule has 12 heavy (non-hydrogen) atoms. The van der Waals surface area contributed by atoms with Crippen LogP contribution in [0.1, 0.15) is 17.7 Å². The van der Waals surface area contributed by atoms with Crippen LogP contribution >= 0.6 is 15.9 Å². The lowest BCUT2D eigenvalue weighted by Crippen LogP contribution is -1.96. The molecule has 0 aliphatic carbocycles. The molecule has 0 N–H and O–H groups in total. The van der Waals surface area contributed by atoms with Gasteiger partial charge in [0, 0.05) is 10.9 Å². The Balaban J connectivity index is 3.02.